The lowest BCUT2D eigenvalue weighted by atomic mass is 10.1. The summed E-state index contributed by atoms with van der Waals surface area (Å²) in [6, 6.07) is 5.78. The van der Waals surface area contributed by atoms with E-state index in [9.17, 15) is 4.39 Å². The molecule has 0 saturated carbocycles. The van der Waals surface area contributed by atoms with Crippen LogP contribution in [-0.2, 0) is 4.74 Å². The van der Waals surface area contributed by atoms with Crippen LogP contribution < -0.4 is 10.2 Å². The van der Waals surface area contributed by atoms with E-state index >= 15 is 0 Å². The zero-order valence-corrected chi connectivity index (χ0v) is 12.7. The van der Waals surface area contributed by atoms with Crippen LogP contribution in [0.1, 0.15) is 31.9 Å². The minimum atomic E-state index is -0.120. The topological polar surface area (TPSA) is 24.5 Å². The molecular weight excluding hydrogens is 255 g/mol. The lowest BCUT2D eigenvalue weighted by Crippen LogP contribution is -2.22. The maximum atomic E-state index is 14.3. The van der Waals surface area contributed by atoms with E-state index in [2.05, 4.69) is 24.1 Å². The predicted octanol–water partition coefficient (Wildman–Crippen LogP) is 2.97. The molecule has 3 nitrogen and oxygen atoms in total. The fourth-order valence-electron chi connectivity index (χ4n) is 2.90. The predicted molar refractivity (Wildman–Crippen MR) is 80.7 cm³/mol. The molecule has 0 radical (unpaired) electrons. The van der Waals surface area contributed by atoms with Crippen LogP contribution in [0.25, 0.3) is 0 Å². The van der Waals surface area contributed by atoms with Gasteiger partial charge in [0.25, 0.3) is 0 Å². The van der Waals surface area contributed by atoms with Gasteiger partial charge in [-0.05, 0) is 37.6 Å². The van der Waals surface area contributed by atoms with Gasteiger partial charge in [-0.1, -0.05) is 13.0 Å². The number of nitrogens with one attached hydrogen (secondary N) is 1. The van der Waals surface area contributed by atoms with E-state index in [1.807, 2.05) is 12.1 Å². The van der Waals surface area contributed by atoms with E-state index in [1.54, 1.807) is 13.2 Å². The first-order chi connectivity index (χ1) is 9.65. The first kappa shape index (κ1) is 15.3. The summed E-state index contributed by atoms with van der Waals surface area (Å²) in [6.07, 6.45) is 1.07. The number of methoxy groups -OCH3 is 1. The number of ether oxygens (including phenoxy) is 1. The number of hydrogen-bond donors (Lipinski definition) is 1. The molecule has 1 aromatic carbocycles. The monoisotopic (exact) mass is 280 g/mol. The number of anilines is 1. The van der Waals surface area contributed by atoms with E-state index in [1.165, 1.54) is 0 Å². The summed E-state index contributed by atoms with van der Waals surface area (Å²) in [4.78, 5) is 2.13. The Kier molecular flexibility index (Phi) is 5.38. The summed E-state index contributed by atoms with van der Waals surface area (Å²) in [5.74, 6) is 0.394. The van der Waals surface area contributed by atoms with Gasteiger partial charge in [-0.15, -0.1) is 0 Å². The van der Waals surface area contributed by atoms with Gasteiger partial charge in [0.2, 0.25) is 0 Å². The maximum absolute atomic E-state index is 14.3. The SMILES string of the molecule is CCNC(C)c1ccc(N2CCC(COC)C2)c(F)c1. The number of rotatable bonds is 6. The molecule has 1 aliphatic rings. The third-order valence-electron chi connectivity index (χ3n) is 4.01. The molecule has 20 heavy (non-hydrogen) atoms. The van der Waals surface area contributed by atoms with E-state index in [4.69, 9.17) is 4.74 Å². The highest BCUT2D eigenvalue weighted by Crippen LogP contribution is 2.28. The standard InChI is InChI=1S/C16H25FN2O/c1-4-18-12(2)14-5-6-16(15(17)9-14)19-8-7-13(10-19)11-20-3/h5-6,9,12-13,18H,4,7-8,10-11H2,1-3H3. The van der Waals surface area contributed by atoms with Crippen molar-refractivity contribution in [2.24, 2.45) is 5.92 Å². The molecule has 2 atom stereocenters. The van der Waals surface area contributed by atoms with Crippen LogP contribution in [0.3, 0.4) is 0 Å². The highest BCUT2D eigenvalue weighted by Gasteiger charge is 2.24. The summed E-state index contributed by atoms with van der Waals surface area (Å²) < 4.78 is 19.5. The lowest BCUT2D eigenvalue weighted by Gasteiger charge is -2.21. The van der Waals surface area contributed by atoms with Gasteiger partial charge in [-0.25, -0.2) is 4.39 Å². The van der Waals surface area contributed by atoms with Crippen molar-refractivity contribution in [3.63, 3.8) is 0 Å². The number of hydrogen-bond acceptors (Lipinski definition) is 3. The summed E-state index contributed by atoms with van der Waals surface area (Å²) in [5, 5.41) is 3.30. The van der Waals surface area contributed by atoms with Crippen molar-refractivity contribution in [3.05, 3.63) is 29.6 Å². The zero-order valence-electron chi connectivity index (χ0n) is 12.7. The Morgan fingerprint density at radius 1 is 1.50 bits per heavy atom. The van der Waals surface area contributed by atoms with Crippen LogP contribution in [0.5, 0.6) is 0 Å². The van der Waals surface area contributed by atoms with Gasteiger partial charge in [0.05, 0.1) is 12.3 Å². The first-order valence-electron chi connectivity index (χ1n) is 7.42. The third-order valence-corrected chi connectivity index (χ3v) is 4.01. The molecule has 0 aliphatic carbocycles. The van der Waals surface area contributed by atoms with Gasteiger partial charge < -0.3 is 15.0 Å². The molecule has 1 saturated heterocycles. The van der Waals surface area contributed by atoms with Crippen LogP contribution in [0.15, 0.2) is 18.2 Å². The Bertz CT molecular complexity index is 438. The largest absolute Gasteiger partial charge is 0.384 e. The van der Waals surface area contributed by atoms with Gasteiger partial charge in [-0.2, -0.15) is 0 Å². The molecule has 1 fully saturated rings. The second-order valence-corrected chi connectivity index (χ2v) is 5.55. The van der Waals surface area contributed by atoms with Crippen LogP contribution in [0.4, 0.5) is 10.1 Å². The third kappa shape index (κ3) is 3.49. The quantitative estimate of drug-likeness (QED) is 0.867. The Morgan fingerprint density at radius 2 is 2.30 bits per heavy atom. The highest BCUT2D eigenvalue weighted by molar-refractivity contribution is 5.50. The Morgan fingerprint density at radius 3 is 2.95 bits per heavy atom. The van der Waals surface area contributed by atoms with Crippen molar-refractivity contribution < 1.29 is 9.13 Å². The van der Waals surface area contributed by atoms with Crippen molar-refractivity contribution in [2.75, 3.05) is 38.3 Å². The van der Waals surface area contributed by atoms with E-state index in [0.717, 1.165) is 43.9 Å². The van der Waals surface area contributed by atoms with Gasteiger partial charge in [0.1, 0.15) is 5.82 Å². The summed E-state index contributed by atoms with van der Waals surface area (Å²) >= 11 is 0. The van der Waals surface area contributed by atoms with Gasteiger partial charge in [-0.3, -0.25) is 0 Å². The van der Waals surface area contributed by atoms with E-state index in [0.29, 0.717) is 5.92 Å². The van der Waals surface area contributed by atoms with Crippen molar-refractivity contribution >= 4 is 5.69 Å². The molecular formula is C16H25FN2O. The minimum Gasteiger partial charge on any atom is -0.384 e. The summed E-state index contributed by atoms with van der Waals surface area (Å²) in [6.45, 7) is 7.55. The van der Waals surface area contributed by atoms with E-state index < -0.39 is 0 Å². The van der Waals surface area contributed by atoms with Crippen molar-refractivity contribution in [3.8, 4) is 0 Å². The Balaban J connectivity index is 2.06. The van der Waals surface area contributed by atoms with Crippen LogP contribution in [0, 0.1) is 11.7 Å². The van der Waals surface area contributed by atoms with Gasteiger partial charge in [0, 0.05) is 32.2 Å². The molecule has 112 valence electrons. The normalized spacial score (nSPS) is 20.4. The summed E-state index contributed by atoms with van der Waals surface area (Å²) in [5.41, 5.74) is 1.72. The average molecular weight is 280 g/mol. The number of benzene rings is 1. The average Bonchev–Trinajstić information content (AvgIpc) is 2.87. The molecule has 0 spiro atoms. The molecule has 1 aromatic rings. The molecule has 4 heteroatoms. The zero-order chi connectivity index (χ0) is 14.5. The van der Waals surface area contributed by atoms with Crippen LogP contribution in [-0.4, -0.2) is 33.4 Å². The first-order valence-corrected chi connectivity index (χ1v) is 7.42. The molecule has 2 rings (SSSR count). The molecule has 0 amide bonds. The molecule has 0 bridgehead atoms. The minimum absolute atomic E-state index is 0.120. The maximum Gasteiger partial charge on any atom is 0.146 e. The molecule has 1 heterocycles. The van der Waals surface area contributed by atoms with Crippen molar-refractivity contribution in [1.82, 2.24) is 5.32 Å². The van der Waals surface area contributed by atoms with Crippen LogP contribution in [0.2, 0.25) is 0 Å². The Hall–Kier alpha value is -1.13. The smallest absolute Gasteiger partial charge is 0.146 e. The fraction of sp³-hybridized carbons (Fsp3) is 0.625. The summed E-state index contributed by atoms with van der Waals surface area (Å²) in [7, 11) is 1.72. The molecule has 1 aliphatic heterocycles. The highest BCUT2D eigenvalue weighted by atomic mass is 19.1. The van der Waals surface area contributed by atoms with Crippen molar-refractivity contribution in [2.45, 2.75) is 26.3 Å². The fourth-order valence-corrected chi connectivity index (χ4v) is 2.90. The van der Waals surface area contributed by atoms with E-state index in [-0.39, 0.29) is 11.9 Å². The van der Waals surface area contributed by atoms with Crippen molar-refractivity contribution in [1.29, 1.82) is 0 Å². The van der Waals surface area contributed by atoms with Gasteiger partial charge >= 0.3 is 0 Å². The number of nitrogens with zero attached hydrogens (tertiary/aromatic N) is 1. The second-order valence-electron chi connectivity index (χ2n) is 5.55. The lowest BCUT2D eigenvalue weighted by molar-refractivity contribution is 0.161. The van der Waals surface area contributed by atoms with Gasteiger partial charge in [0.15, 0.2) is 0 Å². The molecule has 2 unspecified atom stereocenters. The number of halogens is 1. The van der Waals surface area contributed by atoms with Crippen LogP contribution >= 0.6 is 0 Å². The second kappa shape index (κ2) is 7.04. The Labute approximate surface area is 121 Å². The molecule has 0 aromatic heterocycles. The molecule has 1 N–H and O–H groups in total.